The summed E-state index contributed by atoms with van der Waals surface area (Å²) in [5.41, 5.74) is 3.01. The summed E-state index contributed by atoms with van der Waals surface area (Å²) in [7, 11) is 0. The summed E-state index contributed by atoms with van der Waals surface area (Å²) in [5.74, 6) is -0.262. The number of esters is 1. The first-order valence-corrected chi connectivity index (χ1v) is 11.1. The average Bonchev–Trinajstić information content (AvgIpc) is 2.84. The molecule has 0 aromatic heterocycles. The van der Waals surface area contributed by atoms with E-state index in [4.69, 9.17) is 4.74 Å². The van der Waals surface area contributed by atoms with Crippen LogP contribution in [0, 0.1) is 0 Å². The van der Waals surface area contributed by atoms with Gasteiger partial charge in [-0.3, -0.25) is 4.90 Å². The Labute approximate surface area is 185 Å². The van der Waals surface area contributed by atoms with Crippen molar-refractivity contribution >= 4 is 5.97 Å². The first kappa shape index (κ1) is 21.3. The van der Waals surface area contributed by atoms with Gasteiger partial charge in [0.1, 0.15) is 6.10 Å². The van der Waals surface area contributed by atoms with Gasteiger partial charge in [-0.15, -0.1) is 0 Å². The highest BCUT2D eigenvalue weighted by molar-refractivity contribution is 5.89. The fraction of sp³-hybridized carbons (Fsp3) is 0.296. The molecule has 31 heavy (non-hydrogen) atoms. The molecule has 1 atom stereocenters. The molecule has 0 radical (unpaired) electrons. The Morgan fingerprint density at radius 3 is 1.94 bits per heavy atom. The molecule has 4 rings (SSSR count). The normalized spacial score (nSPS) is 16.0. The zero-order valence-corrected chi connectivity index (χ0v) is 17.9. The smallest absolute Gasteiger partial charge is 0.338 e. The van der Waals surface area contributed by atoms with E-state index in [2.05, 4.69) is 40.1 Å². The molecule has 3 aromatic rings. The molecule has 0 bridgehead atoms. The zero-order chi connectivity index (χ0) is 21.3. The van der Waals surface area contributed by atoms with Crippen LogP contribution in [0.1, 0.15) is 34.0 Å². The van der Waals surface area contributed by atoms with Gasteiger partial charge in [0.05, 0.1) is 5.56 Å². The number of piperazine rings is 1. The molecule has 3 aromatic carbocycles. The lowest BCUT2D eigenvalue weighted by Crippen LogP contribution is -2.46. The molecule has 1 heterocycles. The van der Waals surface area contributed by atoms with Crippen molar-refractivity contribution in [2.45, 2.75) is 19.1 Å². The van der Waals surface area contributed by atoms with E-state index in [1.807, 2.05) is 48.5 Å². The third-order valence-corrected chi connectivity index (χ3v) is 5.85. The SMILES string of the molecule is O=C(OC(CCN1CCN(Cc2ccccc2)CC1)c1ccccc1)c1ccccc1. The van der Waals surface area contributed by atoms with Crippen LogP contribution in [0.3, 0.4) is 0 Å². The number of nitrogens with zero attached hydrogens (tertiary/aromatic N) is 2. The van der Waals surface area contributed by atoms with E-state index in [0.29, 0.717) is 5.56 Å². The second kappa shape index (κ2) is 10.9. The molecule has 4 heteroatoms. The van der Waals surface area contributed by atoms with Crippen LogP contribution in [0.4, 0.5) is 0 Å². The minimum Gasteiger partial charge on any atom is -0.454 e. The number of hydrogen-bond donors (Lipinski definition) is 0. The van der Waals surface area contributed by atoms with E-state index in [1.165, 1.54) is 5.56 Å². The van der Waals surface area contributed by atoms with Crippen molar-refractivity contribution in [3.63, 3.8) is 0 Å². The van der Waals surface area contributed by atoms with E-state index < -0.39 is 0 Å². The fourth-order valence-electron chi connectivity index (χ4n) is 4.05. The highest BCUT2D eigenvalue weighted by Crippen LogP contribution is 2.23. The first-order valence-electron chi connectivity index (χ1n) is 11.1. The molecule has 0 saturated carbocycles. The number of carbonyl (C=O) groups excluding carboxylic acids is 1. The standard InChI is InChI=1S/C27H30N2O2/c30-27(25-14-8-3-9-15-25)31-26(24-12-6-2-7-13-24)16-17-28-18-20-29(21-19-28)22-23-10-4-1-5-11-23/h1-15,26H,16-22H2. The minimum atomic E-state index is -0.262. The maximum absolute atomic E-state index is 12.7. The van der Waals surface area contributed by atoms with Crippen molar-refractivity contribution in [1.29, 1.82) is 0 Å². The summed E-state index contributed by atoms with van der Waals surface area (Å²) in [6.07, 6.45) is 0.553. The lowest BCUT2D eigenvalue weighted by Gasteiger charge is -2.35. The van der Waals surface area contributed by atoms with E-state index in [1.54, 1.807) is 12.1 Å². The van der Waals surface area contributed by atoms with Crippen LogP contribution in [-0.2, 0) is 11.3 Å². The van der Waals surface area contributed by atoms with Gasteiger partial charge < -0.3 is 9.64 Å². The molecule has 1 aliphatic rings. The topological polar surface area (TPSA) is 32.8 Å². The molecule has 0 N–H and O–H groups in total. The lowest BCUT2D eigenvalue weighted by molar-refractivity contribution is 0.0232. The third-order valence-electron chi connectivity index (χ3n) is 5.85. The monoisotopic (exact) mass is 414 g/mol. The number of benzene rings is 3. The highest BCUT2D eigenvalue weighted by atomic mass is 16.5. The van der Waals surface area contributed by atoms with Crippen molar-refractivity contribution in [3.8, 4) is 0 Å². The van der Waals surface area contributed by atoms with Gasteiger partial charge in [-0.25, -0.2) is 4.79 Å². The van der Waals surface area contributed by atoms with Gasteiger partial charge in [-0.1, -0.05) is 78.9 Å². The molecule has 1 aliphatic heterocycles. The molecule has 4 nitrogen and oxygen atoms in total. The molecular weight excluding hydrogens is 384 g/mol. The fourth-order valence-corrected chi connectivity index (χ4v) is 4.05. The van der Waals surface area contributed by atoms with Crippen LogP contribution in [0.15, 0.2) is 91.0 Å². The van der Waals surface area contributed by atoms with Crippen LogP contribution in [0.5, 0.6) is 0 Å². The Morgan fingerprint density at radius 2 is 1.29 bits per heavy atom. The van der Waals surface area contributed by atoms with Crippen molar-refractivity contribution in [2.24, 2.45) is 0 Å². The summed E-state index contributed by atoms with van der Waals surface area (Å²) in [6, 6.07) is 30.0. The molecule has 1 saturated heterocycles. The predicted molar refractivity (Wildman–Crippen MR) is 124 cm³/mol. The van der Waals surface area contributed by atoms with E-state index >= 15 is 0 Å². The van der Waals surface area contributed by atoms with Gasteiger partial charge in [0, 0.05) is 45.7 Å². The van der Waals surface area contributed by atoms with E-state index in [9.17, 15) is 4.79 Å². The Balaban J connectivity index is 1.31. The molecule has 0 aliphatic carbocycles. The molecule has 0 amide bonds. The van der Waals surface area contributed by atoms with Crippen LogP contribution >= 0.6 is 0 Å². The molecule has 0 spiro atoms. The van der Waals surface area contributed by atoms with Crippen molar-refractivity contribution < 1.29 is 9.53 Å². The quantitative estimate of drug-likeness (QED) is 0.496. The summed E-state index contributed by atoms with van der Waals surface area (Å²) >= 11 is 0. The highest BCUT2D eigenvalue weighted by Gasteiger charge is 2.21. The van der Waals surface area contributed by atoms with Crippen LogP contribution < -0.4 is 0 Å². The Hall–Kier alpha value is -2.95. The van der Waals surface area contributed by atoms with Crippen molar-refractivity contribution in [2.75, 3.05) is 32.7 Å². The molecule has 1 fully saturated rings. The summed E-state index contributed by atoms with van der Waals surface area (Å²) in [6.45, 7) is 6.14. The van der Waals surface area contributed by atoms with Crippen LogP contribution in [-0.4, -0.2) is 48.5 Å². The predicted octanol–water partition coefficient (Wildman–Crippen LogP) is 4.79. The minimum absolute atomic E-state index is 0.240. The number of carbonyl (C=O) groups is 1. The zero-order valence-electron chi connectivity index (χ0n) is 17.9. The largest absolute Gasteiger partial charge is 0.454 e. The molecule has 1 unspecified atom stereocenters. The second-order valence-electron chi connectivity index (χ2n) is 8.06. The molecular formula is C27H30N2O2. The Kier molecular flexibility index (Phi) is 7.48. The van der Waals surface area contributed by atoms with E-state index in [0.717, 1.165) is 51.3 Å². The summed E-state index contributed by atoms with van der Waals surface area (Å²) in [5, 5.41) is 0. The average molecular weight is 415 g/mol. The van der Waals surface area contributed by atoms with Gasteiger partial charge in [0.25, 0.3) is 0 Å². The maximum Gasteiger partial charge on any atom is 0.338 e. The third kappa shape index (κ3) is 6.27. The van der Waals surface area contributed by atoms with Crippen molar-refractivity contribution in [3.05, 3.63) is 108 Å². The van der Waals surface area contributed by atoms with Crippen LogP contribution in [0.25, 0.3) is 0 Å². The van der Waals surface area contributed by atoms with Gasteiger partial charge in [-0.05, 0) is 23.3 Å². The first-order chi connectivity index (χ1) is 15.3. The van der Waals surface area contributed by atoms with Crippen LogP contribution in [0.2, 0.25) is 0 Å². The van der Waals surface area contributed by atoms with E-state index in [-0.39, 0.29) is 12.1 Å². The molecule has 160 valence electrons. The Morgan fingerprint density at radius 1 is 0.742 bits per heavy atom. The number of hydrogen-bond acceptors (Lipinski definition) is 4. The maximum atomic E-state index is 12.7. The summed E-state index contributed by atoms with van der Waals surface area (Å²) < 4.78 is 5.94. The van der Waals surface area contributed by atoms with Gasteiger partial charge >= 0.3 is 5.97 Å². The van der Waals surface area contributed by atoms with Gasteiger partial charge in [0.2, 0.25) is 0 Å². The lowest BCUT2D eigenvalue weighted by atomic mass is 10.1. The van der Waals surface area contributed by atoms with Gasteiger partial charge in [-0.2, -0.15) is 0 Å². The van der Waals surface area contributed by atoms with Gasteiger partial charge in [0.15, 0.2) is 0 Å². The van der Waals surface area contributed by atoms with Crippen molar-refractivity contribution in [1.82, 2.24) is 9.80 Å². The summed E-state index contributed by atoms with van der Waals surface area (Å²) in [4.78, 5) is 17.6. The Bertz CT molecular complexity index is 923. The number of rotatable bonds is 8. The number of ether oxygens (including phenoxy) is 1. The second-order valence-corrected chi connectivity index (χ2v) is 8.06.